The van der Waals surface area contributed by atoms with Crippen molar-refractivity contribution in [2.75, 3.05) is 7.11 Å². The highest BCUT2D eigenvalue weighted by Gasteiger charge is 2.66. The smallest absolute Gasteiger partial charge is 0.254 e. The first-order chi connectivity index (χ1) is 13.9. The zero-order chi connectivity index (χ0) is 20.6. The van der Waals surface area contributed by atoms with Crippen LogP contribution in [0.25, 0.3) is 6.08 Å². The molecule has 2 atom stereocenters. The average Bonchev–Trinajstić information content (AvgIpc) is 2.72. The topological polar surface area (TPSA) is 93.1 Å². The number of Topliss-reactive ketones (excluding diaryl/α,β-unsaturated/α-hetero) is 2. The van der Waals surface area contributed by atoms with E-state index in [1.54, 1.807) is 30.3 Å². The van der Waals surface area contributed by atoms with Crippen molar-refractivity contribution < 1.29 is 29.3 Å². The molecule has 1 aliphatic carbocycles. The van der Waals surface area contributed by atoms with Gasteiger partial charge in [-0.2, -0.15) is 0 Å². The van der Waals surface area contributed by atoms with Crippen molar-refractivity contribution in [1.82, 2.24) is 0 Å². The van der Waals surface area contributed by atoms with Gasteiger partial charge in [-0.05, 0) is 23.3 Å². The van der Waals surface area contributed by atoms with Gasteiger partial charge in [-0.15, -0.1) is 0 Å². The molecule has 2 aliphatic rings. The standard InChI is InChI=1S/C23H20O6/c1-28-23-14-18(25)20(17(24)12-11-15-7-3-2-4-8-15)21(26)22(23,27)13-16-9-5-6-10-19(16)29-23/h2-12,24,27H,13-14H2,1H3/t22-,23-/m1/s1. The van der Waals surface area contributed by atoms with E-state index < -0.39 is 40.7 Å². The molecule has 0 amide bonds. The lowest BCUT2D eigenvalue weighted by atomic mass is 9.69. The van der Waals surface area contributed by atoms with E-state index in [2.05, 4.69) is 0 Å². The summed E-state index contributed by atoms with van der Waals surface area (Å²) in [4.78, 5) is 26.0. The van der Waals surface area contributed by atoms with Gasteiger partial charge in [-0.1, -0.05) is 54.6 Å². The highest BCUT2D eigenvalue weighted by Crippen LogP contribution is 2.47. The van der Waals surface area contributed by atoms with Gasteiger partial charge in [0.15, 0.2) is 11.4 Å². The molecule has 1 saturated carbocycles. The number of hydrogen-bond donors (Lipinski definition) is 2. The molecule has 0 radical (unpaired) electrons. The van der Waals surface area contributed by atoms with Crippen molar-refractivity contribution in [3.63, 3.8) is 0 Å². The zero-order valence-corrected chi connectivity index (χ0v) is 15.8. The summed E-state index contributed by atoms with van der Waals surface area (Å²) in [6.07, 6.45) is 2.36. The van der Waals surface area contributed by atoms with Crippen molar-refractivity contribution >= 4 is 17.6 Å². The van der Waals surface area contributed by atoms with Gasteiger partial charge in [-0.25, -0.2) is 0 Å². The number of carbonyl (C=O) groups excluding carboxylic acids is 2. The molecule has 1 fully saturated rings. The third-order valence-electron chi connectivity index (χ3n) is 5.42. The highest BCUT2D eigenvalue weighted by molar-refractivity contribution is 6.26. The van der Waals surface area contributed by atoms with Crippen LogP contribution in [0.3, 0.4) is 0 Å². The van der Waals surface area contributed by atoms with Crippen LogP contribution >= 0.6 is 0 Å². The molecule has 6 nitrogen and oxygen atoms in total. The molecule has 148 valence electrons. The second-order valence-corrected chi connectivity index (χ2v) is 7.14. The molecule has 4 rings (SSSR count). The van der Waals surface area contributed by atoms with Crippen LogP contribution in [0, 0.1) is 0 Å². The molecule has 2 N–H and O–H groups in total. The summed E-state index contributed by atoms with van der Waals surface area (Å²) in [6.45, 7) is 0. The summed E-state index contributed by atoms with van der Waals surface area (Å²) in [5.41, 5.74) is -1.19. The Morgan fingerprint density at radius 3 is 2.48 bits per heavy atom. The van der Waals surface area contributed by atoms with Gasteiger partial charge in [0.1, 0.15) is 17.1 Å². The van der Waals surface area contributed by atoms with Crippen LogP contribution in [-0.2, 0) is 20.7 Å². The quantitative estimate of drug-likeness (QED) is 0.474. The average molecular weight is 392 g/mol. The molecule has 0 saturated heterocycles. The van der Waals surface area contributed by atoms with Crippen LogP contribution in [0.2, 0.25) is 0 Å². The number of para-hydroxylation sites is 1. The van der Waals surface area contributed by atoms with Crippen LogP contribution < -0.4 is 4.74 Å². The van der Waals surface area contributed by atoms with Gasteiger partial charge in [0.2, 0.25) is 5.78 Å². The fourth-order valence-corrected chi connectivity index (χ4v) is 3.85. The van der Waals surface area contributed by atoms with Crippen molar-refractivity contribution in [3.8, 4) is 5.75 Å². The van der Waals surface area contributed by atoms with Crippen molar-refractivity contribution in [3.05, 3.63) is 83.1 Å². The molecule has 0 bridgehead atoms. The fourth-order valence-electron chi connectivity index (χ4n) is 3.85. The zero-order valence-electron chi connectivity index (χ0n) is 15.8. The fraction of sp³-hybridized carbons (Fsp3) is 0.217. The van der Waals surface area contributed by atoms with Gasteiger partial charge in [-0.3, -0.25) is 9.59 Å². The number of aliphatic hydroxyl groups excluding tert-OH is 1. The molecule has 2 aromatic rings. The first kappa shape index (κ1) is 19.1. The lowest BCUT2D eigenvalue weighted by Gasteiger charge is -2.50. The number of ketones is 2. The molecule has 0 aromatic heterocycles. The Kier molecular flexibility index (Phi) is 4.61. The maximum Gasteiger partial charge on any atom is 0.254 e. The van der Waals surface area contributed by atoms with E-state index in [0.29, 0.717) is 11.3 Å². The molecule has 0 spiro atoms. The Morgan fingerprint density at radius 2 is 1.76 bits per heavy atom. The Bertz CT molecular complexity index is 1040. The molecule has 1 heterocycles. The van der Waals surface area contributed by atoms with Crippen LogP contribution in [0.5, 0.6) is 5.75 Å². The Morgan fingerprint density at radius 1 is 1.07 bits per heavy atom. The Balaban J connectivity index is 1.77. The SMILES string of the molecule is CO[C@@]12CC(=O)C(=C(O)C=Cc3ccccc3)C(=O)[C@]1(O)Cc1ccccc1O2. The second-order valence-electron chi connectivity index (χ2n) is 7.14. The molecular formula is C23H20O6. The minimum absolute atomic E-state index is 0.0949. The van der Waals surface area contributed by atoms with Gasteiger partial charge >= 0.3 is 0 Å². The molecule has 1 aliphatic heterocycles. The first-order valence-electron chi connectivity index (χ1n) is 9.19. The van der Waals surface area contributed by atoms with E-state index in [4.69, 9.17) is 9.47 Å². The normalized spacial score (nSPS) is 27.9. The number of ether oxygens (including phenoxy) is 2. The van der Waals surface area contributed by atoms with E-state index in [-0.39, 0.29) is 6.42 Å². The predicted octanol–water partition coefficient (Wildman–Crippen LogP) is 2.76. The summed E-state index contributed by atoms with van der Waals surface area (Å²) in [7, 11) is 1.28. The third kappa shape index (κ3) is 2.97. The molecule has 29 heavy (non-hydrogen) atoms. The monoisotopic (exact) mass is 392 g/mol. The molecule has 2 aromatic carbocycles. The molecule has 0 unspecified atom stereocenters. The molecule has 6 heteroatoms. The number of allylic oxidation sites excluding steroid dienone is 1. The maximum atomic E-state index is 13.2. The van der Waals surface area contributed by atoms with Crippen molar-refractivity contribution in [1.29, 1.82) is 0 Å². The number of fused-ring (bicyclic) bond motifs is 2. The number of hydrogen-bond acceptors (Lipinski definition) is 6. The largest absolute Gasteiger partial charge is 0.507 e. The van der Waals surface area contributed by atoms with Gasteiger partial charge in [0, 0.05) is 13.5 Å². The van der Waals surface area contributed by atoms with E-state index in [1.165, 1.54) is 13.2 Å². The second kappa shape index (κ2) is 6.99. The van der Waals surface area contributed by atoms with Crippen LogP contribution in [0.15, 0.2) is 72.0 Å². The third-order valence-corrected chi connectivity index (χ3v) is 5.42. The highest BCUT2D eigenvalue weighted by atomic mass is 16.7. The predicted molar refractivity (Wildman–Crippen MR) is 105 cm³/mol. The van der Waals surface area contributed by atoms with Crippen LogP contribution in [-0.4, -0.2) is 40.3 Å². The summed E-state index contributed by atoms with van der Waals surface area (Å²) >= 11 is 0. The lowest BCUT2D eigenvalue weighted by molar-refractivity contribution is -0.271. The number of benzene rings is 2. The van der Waals surface area contributed by atoms with E-state index >= 15 is 0 Å². The van der Waals surface area contributed by atoms with Crippen LogP contribution in [0.1, 0.15) is 17.5 Å². The first-order valence-corrected chi connectivity index (χ1v) is 9.19. The van der Waals surface area contributed by atoms with Gasteiger partial charge in [0.25, 0.3) is 5.79 Å². The minimum Gasteiger partial charge on any atom is -0.507 e. The number of carbonyl (C=O) groups is 2. The summed E-state index contributed by atoms with van der Waals surface area (Å²) in [5.74, 6) is -3.47. The number of aliphatic hydroxyl groups is 2. The van der Waals surface area contributed by atoms with E-state index in [9.17, 15) is 19.8 Å². The van der Waals surface area contributed by atoms with Gasteiger partial charge < -0.3 is 19.7 Å². The van der Waals surface area contributed by atoms with Crippen molar-refractivity contribution in [2.45, 2.75) is 24.2 Å². The summed E-state index contributed by atoms with van der Waals surface area (Å²) in [6, 6.07) is 16.1. The van der Waals surface area contributed by atoms with E-state index in [0.717, 1.165) is 5.56 Å². The lowest BCUT2D eigenvalue weighted by Crippen LogP contribution is -2.70. The van der Waals surface area contributed by atoms with Crippen LogP contribution in [0.4, 0.5) is 0 Å². The summed E-state index contributed by atoms with van der Waals surface area (Å²) < 4.78 is 11.2. The van der Waals surface area contributed by atoms with Gasteiger partial charge in [0.05, 0.1) is 6.42 Å². The van der Waals surface area contributed by atoms with E-state index in [1.807, 2.05) is 30.3 Å². The summed E-state index contributed by atoms with van der Waals surface area (Å²) in [5, 5.41) is 21.8. The molecular weight excluding hydrogens is 372 g/mol. The number of rotatable bonds is 3. The maximum absolute atomic E-state index is 13.2. The van der Waals surface area contributed by atoms with Crippen molar-refractivity contribution in [2.24, 2.45) is 0 Å². The number of methoxy groups -OCH3 is 1. The minimum atomic E-state index is -2.14. The Hall–Kier alpha value is -3.22. The Labute approximate surface area is 167 Å².